The van der Waals surface area contributed by atoms with Gasteiger partial charge in [-0.3, -0.25) is 4.79 Å². The van der Waals surface area contributed by atoms with Gasteiger partial charge in [-0.1, -0.05) is 0 Å². The van der Waals surface area contributed by atoms with Crippen LogP contribution in [-0.2, 0) is 0 Å². The molecule has 1 rings (SSSR count). The standard InChI is InChI=1S/C7H4BrF3N2O/c8-3-1-4(6(12)13-2-3)5(14)7(9,10)11/h1-2H,(H2,12,13). The third-order valence-corrected chi connectivity index (χ3v) is 1.82. The molecule has 1 aromatic heterocycles. The van der Waals surface area contributed by atoms with Crippen molar-refractivity contribution in [3.05, 3.63) is 22.3 Å². The van der Waals surface area contributed by atoms with E-state index in [1.165, 1.54) is 6.20 Å². The van der Waals surface area contributed by atoms with Crippen LogP contribution >= 0.6 is 15.9 Å². The zero-order chi connectivity index (χ0) is 10.9. The van der Waals surface area contributed by atoms with E-state index in [9.17, 15) is 18.0 Å². The van der Waals surface area contributed by atoms with E-state index < -0.39 is 23.3 Å². The van der Waals surface area contributed by atoms with Crippen molar-refractivity contribution in [2.45, 2.75) is 6.18 Å². The summed E-state index contributed by atoms with van der Waals surface area (Å²) >= 11 is 2.89. The van der Waals surface area contributed by atoms with Crippen LogP contribution < -0.4 is 5.73 Å². The Morgan fingerprint density at radius 3 is 2.57 bits per heavy atom. The Labute approximate surface area is 85.2 Å². The Kier molecular flexibility index (Phi) is 2.79. The SMILES string of the molecule is Nc1ncc(Br)cc1C(=O)C(F)(F)F. The molecule has 0 atom stereocenters. The third-order valence-electron chi connectivity index (χ3n) is 1.39. The number of aromatic nitrogens is 1. The number of Topliss-reactive ketones (excluding diaryl/α,β-unsaturated/α-hetero) is 1. The lowest BCUT2D eigenvalue weighted by Crippen LogP contribution is -2.24. The summed E-state index contributed by atoms with van der Waals surface area (Å²) in [7, 11) is 0. The average molecular weight is 269 g/mol. The number of carbonyl (C=O) groups is 1. The summed E-state index contributed by atoms with van der Waals surface area (Å²) in [6, 6.07) is 0.984. The first-order chi connectivity index (χ1) is 6.32. The number of alkyl halides is 3. The second-order valence-corrected chi connectivity index (χ2v) is 3.33. The lowest BCUT2D eigenvalue weighted by atomic mass is 10.1. The predicted octanol–water partition coefficient (Wildman–Crippen LogP) is 2.17. The zero-order valence-electron chi connectivity index (χ0n) is 6.60. The summed E-state index contributed by atoms with van der Waals surface area (Å²) in [5, 5.41) is 0. The molecule has 3 nitrogen and oxygen atoms in total. The van der Waals surface area contributed by atoms with Crippen molar-refractivity contribution >= 4 is 27.5 Å². The highest BCUT2D eigenvalue weighted by atomic mass is 79.9. The number of nitrogens with two attached hydrogens (primary N) is 1. The molecule has 0 aliphatic rings. The monoisotopic (exact) mass is 268 g/mol. The van der Waals surface area contributed by atoms with Gasteiger partial charge in [-0.2, -0.15) is 13.2 Å². The summed E-state index contributed by atoms with van der Waals surface area (Å²) in [5.41, 5.74) is 4.49. The van der Waals surface area contributed by atoms with Crippen molar-refractivity contribution in [2.24, 2.45) is 0 Å². The Morgan fingerprint density at radius 1 is 1.50 bits per heavy atom. The van der Waals surface area contributed by atoms with Crippen LogP contribution in [0.15, 0.2) is 16.7 Å². The molecule has 7 heteroatoms. The van der Waals surface area contributed by atoms with Gasteiger partial charge in [-0.05, 0) is 22.0 Å². The molecular formula is C7H4BrF3N2O. The van der Waals surface area contributed by atoms with Crippen molar-refractivity contribution in [1.29, 1.82) is 0 Å². The minimum Gasteiger partial charge on any atom is -0.383 e. The fourth-order valence-electron chi connectivity index (χ4n) is 0.784. The number of halogens is 4. The van der Waals surface area contributed by atoms with E-state index in [0.717, 1.165) is 6.07 Å². The molecule has 0 aromatic carbocycles. The van der Waals surface area contributed by atoms with Crippen molar-refractivity contribution in [2.75, 3.05) is 5.73 Å². The van der Waals surface area contributed by atoms with Crippen molar-refractivity contribution in [3.8, 4) is 0 Å². The van der Waals surface area contributed by atoms with Crippen molar-refractivity contribution in [3.63, 3.8) is 0 Å². The van der Waals surface area contributed by atoms with Crippen LogP contribution in [-0.4, -0.2) is 16.9 Å². The second kappa shape index (κ2) is 3.56. The lowest BCUT2D eigenvalue weighted by Gasteiger charge is -2.06. The van der Waals surface area contributed by atoms with Gasteiger partial charge >= 0.3 is 6.18 Å². The molecule has 0 radical (unpaired) electrons. The van der Waals surface area contributed by atoms with E-state index in [4.69, 9.17) is 5.73 Å². The van der Waals surface area contributed by atoms with E-state index in [1.807, 2.05) is 0 Å². The van der Waals surface area contributed by atoms with Crippen molar-refractivity contribution in [1.82, 2.24) is 4.98 Å². The van der Waals surface area contributed by atoms with E-state index in [1.54, 1.807) is 0 Å². The predicted molar refractivity (Wildman–Crippen MR) is 46.7 cm³/mol. The molecule has 0 saturated carbocycles. The summed E-state index contributed by atoms with van der Waals surface area (Å²) in [6.07, 6.45) is -3.72. The number of nitrogens with zero attached hydrogens (tertiary/aromatic N) is 1. The molecule has 0 aliphatic heterocycles. The number of hydrogen-bond donors (Lipinski definition) is 1. The van der Waals surface area contributed by atoms with Gasteiger partial charge in [0.05, 0.1) is 5.56 Å². The van der Waals surface area contributed by atoms with Gasteiger partial charge in [0.1, 0.15) is 5.82 Å². The van der Waals surface area contributed by atoms with Crippen LogP contribution in [0.2, 0.25) is 0 Å². The van der Waals surface area contributed by atoms with Crippen LogP contribution in [0.5, 0.6) is 0 Å². The lowest BCUT2D eigenvalue weighted by molar-refractivity contribution is -0.0884. The minimum absolute atomic E-state index is 0.263. The molecule has 76 valence electrons. The first-order valence-electron chi connectivity index (χ1n) is 3.35. The fraction of sp³-hybridized carbons (Fsp3) is 0.143. The van der Waals surface area contributed by atoms with Crippen LogP contribution in [0.4, 0.5) is 19.0 Å². The maximum absolute atomic E-state index is 12.0. The molecular weight excluding hydrogens is 265 g/mol. The Balaban J connectivity index is 3.19. The molecule has 0 amide bonds. The number of carbonyl (C=O) groups excluding carboxylic acids is 1. The van der Waals surface area contributed by atoms with E-state index in [0.29, 0.717) is 0 Å². The van der Waals surface area contributed by atoms with Gasteiger partial charge in [0, 0.05) is 10.7 Å². The maximum Gasteiger partial charge on any atom is 0.455 e. The molecule has 0 saturated heterocycles. The average Bonchev–Trinajstić information content (AvgIpc) is 2.06. The Bertz CT molecular complexity index is 378. The van der Waals surface area contributed by atoms with Gasteiger partial charge in [-0.25, -0.2) is 4.98 Å². The van der Waals surface area contributed by atoms with Crippen LogP contribution in [0, 0.1) is 0 Å². The highest BCUT2D eigenvalue weighted by molar-refractivity contribution is 9.10. The molecule has 2 N–H and O–H groups in total. The summed E-state index contributed by atoms with van der Waals surface area (Å²) in [4.78, 5) is 14.2. The Hall–Kier alpha value is -1.11. The molecule has 0 unspecified atom stereocenters. The minimum atomic E-state index is -4.93. The van der Waals surface area contributed by atoms with Crippen molar-refractivity contribution < 1.29 is 18.0 Å². The van der Waals surface area contributed by atoms with E-state index >= 15 is 0 Å². The van der Waals surface area contributed by atoms with Gasteiger partial charge in [0.25, 0.3) is 5.78 Å². The number of nitrogen functional groups attached to an aromatic ring is 1. The van der Waals surface area contributed by atoms with Gasteiger partial charge in [0.2, 0.25) is 0 Å². The number of anilines is 1. The van der Waals surface area contributed by atoms with E-state index in [-0.39, 0.29) is 4.47 Å². The molecule has 0 aliphatic carbocycles. The number of rotatable bonds is 1. The van der Waals surface area contributed by atoms with E-state index in [2.05, 4.69) is 20.9 Å². The van der Waals surface area contributed by atoms with Crippen LogP contribution in [0.1, 0.15) is 10.4 Å². The smallest absolute Gasteiger partial charge is 0.383 e. The highest BCUT2D eigenvalue weighted by Gasteiger charge is 2.40. The normalized spacial score (nSPS) is 11.4. The zero-order valence-corrected chi connectivity index (χ0v) is 8.19. The second-order valence-electron chi connectivity index (χ2n) is 2.41. The van der Waals surface area contributed by atoms with Gasteiger partial charge < -0.3 is 5.73 Å². The largest absolute Gasteiger partial charge is 0.455 e. The third kappa shape index (κ3) is 2.22. The molecule has 1 aromatic rings. The maximum atomic E-state index is 12.0. The molecule has 0 bridgehead atoms. The molecule has 14 heavy (non-hydrogen) atoms. The first kappa shape index (κ1) is 11.0. The first-order valence-corrected chi connectivity index (χ1v) is 4.14. The Morgan fingerprint density at radius 2 is 2.07 bits per heavy atom. The molecule has 0 spiro atoms. The topological polar surface area (TPSA) is 56.0 Å². The van der Waals surface area contributed by atoms with Gasteiger partial charge in [0.15, 0.2) is 0 Å². The summed E-state index contributed by atoms with van der Waals surface area (Å²) in [5.74, 6) is -2.43. The highest BCUT2D eigenvalue weighted by Crippen LogP contribution is 2.25. The van der Waals surface area contributed by atoms with Crippen LogP contribution in [0.25, 0.3) is 0 Å². The number of ketones is 1. The summed E-state index contributed by atoms with van der Waals surface area (Å²) < 4.78 is 36.3. The molecule has 1 heterocycles. The summed E-state index contributed by atoms with van der Waals surface area (Å²) in [6.45, 7) is 0. The van der Waals surface area contributed by atoms with Crippen LogP contribution in [0.3, 0.4) is 0 Å². The quantitative estimate of drug-likeness (QED) is 0.795. The molecule has 0 fully saturated rings. The van der Waals surface area contributed by atoms with Gasteiger partial charge in [-0.15, -0.1) is 0 Å². The fourth-order valence-corrected chi connectivity index (χ4v) is 1.12. The number of pyridine rings is 1. The number of hydrogen-bond acceptors (Lipinski definition) is 3.